The third-order valence-electron chi connectivity index (χ3n) is 4.03. The summed E-state index contributed by atoms with van der Waals surface area (Å²) in [4.78, 5) is 14.4. The first-order valence-electron chi connectivity index (χ1n) is 6.48. The molecule has 0 saturated carbocycles. The van der Waals surface area contributed by atoms with Crippen molar-refractivity contribution in [3.8, 4) is 0 Å². The van der Waals surface area contributed by atoms with Crippen LogP contribution in [0.15, 0.2) is 24.3 Å². The van der Waals surface area contributed by atoms with Gasteiger partial charge in [0.25, 0.3) is 0 Å². The van der Waals surface area contributed by atoms with Crippen LogP contribution in [0.2, 0.25) is 5.02 Å². The van der Waals surface area contributed by atoms with Crippen molar-refractivity contribution < 1.29 is 4.79 Å². The van der Waals surface area contributed by atoms with Gasteiger partial charge in [-0.3, -0.25) is 4.79 Å². The topological polar surface area (TPSA) is 32.3 Å². The van der Waals surface area contributed by atoms with E-state index in [1.165, 1.54) is 0 Å². The molecule has 0 aliphatic carbocycles. The number of fused-ring (bicyclic) bond motifs is 1. The van der Waals surface area contributed by atoms with Crippen molar-refractivity contribution in [2.45, 2.75) is 18.9 Å². The summed E-state index contributed by atoms with van der Waals surface area (Å²) >= 11 is 5.84. The lowest BCUT2D eigenvalue weighted by molar-refractivity contribution is -0.131. The molecular weight excluding hydrogens is 248 g/mol. The SMILES string of the molecule is O=C(Cc1ccc(Cl)cc1)N1CC[C@H]2CNC[C@H]21. The van der Waals surface area contributed by atoms with Crippen molar-refractivity contribution >= 4 is 17.5 Å². The van der Waals surface area contributed by atoms with Crippen molar-refractivity contribution in [1.82, 2.24) is 10.2 Å². The third kappa shape index (κ3) is 2.25. The minimum absolute atomic E-state index is 0.244. The lowest BCUT2D eigenvalue weighted by atomic mass is 10.0. The van der Waals surface area contributed by atoms with E-state index in [1.54, 1.807) is 0 Å². The van der Waals surface area contributed by atoms with Gasteiger partial charge in [0.15, 0.2) is 0 Å². The maximum atomic E-state index is 12.3. The highest BCUT2D eigenvalue weighted by Crippen LogP contribution is 2.27. The van der Waals surface area contributed by atoms with Gasteiger partial charge in [-0.15, -0.1) is 0 Å². The quantitative estimate of drug-likeness (QED) is 0.882. The average molecular weight is 265 g/mol. The van der Waals surface area contributed by atoms with Crippen LogP contribution < -0.4 is 5.32 Å². The predicted octanol–water partition coefficient (Wildman–Crippen LogP) is 1.70. The van der Waals surface area contributed by atoms with Gasteiger partial charge in [-0.25, -0.2) is 0 Å². The highest BCUT2D eigenvalue weighted by Gasteiger charge is 2.39. The number of nitrogens with zero attached hydrogens (tertiary/aromatic N) is 1. The van der Waals surface area contributed by atoms with Gasteiger partial charge in [-0.05, 0) is 30.0 Å². The van der Waals surface area contributed by atoms with Crippen LogP contribution in [0, 0.1) is 5.92 Å². The molecule has 3 nitrogen and oxygen atoms in total. The third-order valence-corrected chi connectivity index (χ3v) is 4.29. The molecule has 2 atom stereocenters. The second-order valence-corrected chi connectivity index (χ2v) is 5.60. The van der Waals surface area contributed by atoms with Crippen LogP contribution >= 0.6 is 11.6 Å². The van der Waals surface area contributed by atoms with Gasteiger partial charge in [0.1, 0.15) is 0 Å². The number of amides is 1. The normalized spacial score (nSPS) is 26.4. The Morgan fingerprint density at radius 2 is 2.11 bits per heavy atom. The zero-order chi connectivity index (χ0) is 12.5. The highest BCUT2D eigenvalue weighted by molar-refractivity contribution is 6.30. The van der Waals surface area contributed by atoms with Crippen LogP contribution in [0.1, 0.15) is 12.0 Å². The number of halogens is 1. The molecule has 0 radical (unpaired) electrons. The summed E-state index contributed by atoms with van der Waals surface area (Å²) in [5, 5.41) is 4.08. The van der Waals surface area contributed by atoms with Crippen LogP contribution in [-0.2, 0) is 11.2 Å². The molecule has 2 aliphatic rings. The van der Waals surface area contributed by atoms with Gasteiger partial charge in [0, 0.05) is 30.7 Å². The lowest BCUT2D eigenvalue weighted by Gasteiger charge is -2.23. The van der Waals surface area contributed by atoms with Crippen LogP contribution in [0.4, 0.5) is 0 Å². The first-order chi connectivity index (χ1) is 8.74. The Kier molecular flexibility index (Phi) is 3.27. The van der Waals surface area contributed by atoms with E-state index in [2.05, 4.69) is 10.2 Å². The van der Waals surface area contributed by atoms with E-state index < -0.39 is 0 Å². The van der Waals surface area contributed by atoms with E-state index in [0.29, 0.717) is 23.4 Å². The number of carbonyl (C=O) groups excluding carboxylic acids is 1. The molecule has 0 bridgehead atoms. The maximum Gasteiger partial charge on any atom is 0.227 e. The van der Waals surface area contributed by atoms with Crippen molar-refractivity contribution in [1.29, 1.82) is 0 Å². The molecule has 4 heteroatoms. The molecule has 96 valence electrons. The van der Waals surface area contributed by atoms with Crippen LogP contribution in [-0.4, -0.2) is 36.5 Å². The largest absolute Gasteiger partial charge is 0.338 e. The fourth-order valence-electron chi connectivity index (χ4n) is 3.04. The van der Waals surface area contributed by atoms with Crippen molar-refractivity contribution in [3.63, 3.8) is 0 Å². The molecule has 0 spiro atoms. The minimum Gasteiger partial charge on any atom is -0.338 e. The zero-order valence-corrected chi connectivity index (χ0v) is 11.0. The van der Waals surface area contributed by atoms with E-state index in [1.807, 2.05) is 24.3 Å². The summed E-state index contributed by atoms with van der Waals surface area (Å²) in [5.41, 5.74) is 1.04. The Bertz CT molecular complexity index is 446. The van der Waals surface area contributed by atoms with Gasteiger partial charge >= 0.3 is 0 Å². The summed E-state index contributed by atoms with van der Waals surface area (Å²) in [6, 6.07) is 7.97. The molecule has 1 aromatic rings. The number of rotatable bonds is 2. The van der Waals surface area contributed by atoms with E-state index in [0.717, 1.165) is 31.6 Å². The van der Waals surface area contributed by atoms with E-state index in [9.17, 15) is 4.79 Å². The van der Waals surface area contributed by atoms with Crippen LogP contribution in [0.3, 0.4) is 0 Å². The smallest absolute Gasteiger partial charge is 0.227 e. The Balaban J connectivity index is 1.66. The van der Waals surface area contributed by atoms with Crippen molar-refractivity contribution in [2.24, 2.45) is 5.92 Å². The minimum atomic E-state index is 0.244. The molecule has 2 aliphatic heterocycles. The number of hydrogen-bond acceptors (Lipinski definition) is 2. The Morgan fingerprint density at radius 3 is 2.89 bits per heavy atom. The number of benzene rings is 1. The summed E-state index contributed by atoms with van der Waals surface area (Å²) in [7, 11) is 0. The van der Waals surface area contributed by atoms with Gasteiger partial charge in [0.2, 0.25) is 5.91 Å². The number of likely N-dealkylation sites (tertiary alicyclic amines) is 1. The first-order valence-corrected chi connectivity index (χ1v) is 6.86. The second kappa shape index (κ2) is 4.90. The van der Waals surface area contributed by atoms with E-state index in [4.69, 9.17) is 11.6 Å². The van der Waals surface area contributed by atoms with Crippen molar-refractivity contribution in [3.05, 3.63) is 34.9 Å². The van der Waals surface area contributed by atoms with Crippen molar-refractivity contribution in [2.75, 3.05) is 19.6 Å². The maximum absolute atomic E-state index is 12.3. The molecule has 2 fully saturated rings. The standard InChI is InChI=1S/C14H17ClN2O/c15-12-3-1-10(2-4-12)7-14(18)17-6-5-11-8-16-9-13(11)17/h1-4,11,13,16H,5-9H2/t11-,13+/m0/s1. The summed E-state index contributed by atoms with van der Waals surface area (Å²) in [5.74, 6) is 0.910. The fourth-order valence-corrected chi connectivity index (χ4v) is 3.16. The van der Waals surface area contributed by atoms with Crippen LogP contribution in [0.25, 0.3) is 0 Å². The molecule has 3 rings (SSSR count). The highest BCUT2D eigenvalue weighted by atomic mass is 35.5. The molecule has 0 unspecified atom stereocenters. The molecule has 2 heterocycles. The summed E-state index contributed by atoms with van der Waals surface area (Å²) in [6.45, 7) is 2.94. The summed E-state index contributed by atoms with van der Waals surface area (Å²) in [6.07, 6.45) is 1.63. The van der Waals surface area contributed by atoms with E-state index in [-0.39, 0.29) is 5.91 Å². The predicted molar refractivity (Wildman–Crippen MR) is 71.6 cm³/mol. The molecule has 1 N–H and O–H groups in total. The number of nitrogens with one attached hydrogen (secondary N) is 1. The number of carbonyl (C=O) groups is 1. The van der Waals surface area contributed by atoms with E-state index >= 15 is 0 Å². The summed E-state index contributed by atoms with van der Waals surface area (Å²) < 4.78 is 0. The van der Waals surface area contributed by atoms with Gasteiger partial charge < -0.3 is 10.2 Å². The van der Waals surface area contributed by atoms with Gasteiger partial charge in [-0.2, -0.15) is 0 Å². The molecule has 2 saturated heterocycles. The first kappa shape index (κ1) is 12.0. The fraction of sp³-hybridized carbons (Fsp3) is 0.500. The Morgan fingerprint density at radius 1 is 1.33 bits per heavy atom. The molecule has 1 aromatic carbocycles. The monoisotopic (exact) mass is 264 g/mol. The molecule has 1 amide bonds. The average Bonchev–Trinajstić information content (AvgIpc) is 2.93. The van der Waals surface area contributed by atoms with Gasteiger partial charge in [-0.1, -0.05) is 23.7 Å². The lowest BCUT2D eigenvalue weighted by Crippen LogP contribution is -2.39. The van der Waals surface area contributed by atoms with Gasteiger partial charge in [0.05, 0.1) is 6.42 Å². The Hall–Kier alpha value is -1.06. The Labute approximate surface area is 112 Å². The second-order valence-electron chi connectivity index (χ2n) is 5.16. The zero-order valence-electron chi connectivity index (χ0n) is 10.2. The molecule has 0 aromatic heterocycles. The molecular formula is C14H17ClN2O. The number of hydrogen-bond donors (Lipinski definition) is 1. The van der Waals surface area contributed by atoms with Crippen LogP contribution in [0.5, 0.6) is 0 Å². The molecule has 18 heavy (non-hydrogen) atoms.